The largest absolute Gasteiger partial charge is 0.387 e. The van der Waals surface area contributed by atoms with Crippen LogP contribution < -0.4 is 10.6 Å². The molecule has 2 aromatic rings. The third-order valence-corrected chi connectivity index (χ3v) is 4.45. The molecular formula is C16H20ClN5O. The van der Waals surface area contributed by atoms with E-state index >= 15 is 0 Å². The second-order valence-corrected chi connectivity index (χ2v) is 5.99. The molecule has 3 N–H and O–H groups in total. The van der Waals surface area contributed by atoms with Crippen LogP contribution in [-0.4, -0.2) is 52.7 Å². The Morgan fingerprint density at radius 1 is 1.13 bits per heavy atom. The molecule has 122 valence electrons. The number of β-amino-alcohol motifs (C(OH)–C–C–N with tert-alkyl or cyclic N) is 1. The molecule has 1 aromatic heterocycles. The molecule has 1 fully saturated rings. The predicted molar refractivity (Wildman–Crippen MR) is 91.5 cm³/mol. The smallest absolute Gasteiger partial charge is 0.153 e. The van der Waals surface area contributed by atoms with E-state index in [0.29, 0.717) is 23.2 Å². The number of nitrogen functional groups attached to an aromatic ring is 1. The van der Waals surface area contributed by atoms with Gasteiger partial charge in [-0.3, -0.25) is 4.90 Å². The van der Waals surface area contributed by atoms with Gasteiger partial charge in [-0.25, -0.2) is 9.97 Å². The van der Waals surface area contributed by atoms with Crippen LogP contribution >= 0.6 is 11.6 Å². The Morgan fingerprint density at radius 3 is 2.52 bits per heavy atom. The molecule has 0 radical (unpaired) electrons. The highest BCUT2D eigenvalue weighted by Crippen LogP contribution is 2.27. The van der Waals surface area contributed by atoms with Gasteiger partial charge in [0, 0.05) is 32.7 Å². The Kier molecular flexibility index (Phi) is 4.95. The van der Waals surface area contributed by atoms with E-state index in [0.717, 1.165) is 31.7 Å². The lowest BCUT2D eigenvalue weighted by Crippen LogP contribution is -2.48. The summed E-state index contributed by atoms with van der Waals surface area (Å²) in [6.07, 6.45) is 0.961. The number of halogens is 1. The third kappa shape index (κ3) is 3.72. The number of benzene rings is 1. The van der Waals surface area contributed by atoms with E-state index in [9.17, 15) is 5.11 Å². The van der Waals surface area contributed by atoms with Crippen molar-refractivity contribution >= 4 is 23.2 Å². The molecule has 23 heavy (non-hydrogen) atoms. The second kappa shape index (κ2) is 7.12. The van der Waals surface area contributed by atoms with Crippen molar-refractivity contribution in [2.45, 2.75) is 6.10 Å². The zero-order chi connectivity index (χ0) is 16.2. The average Bonchev–Trinajstić information content (AvgIpc) is 2.59. The molecule has 1 unspecified atom stereocenters. The first-order valence-electron chi connectivity index (χ1n) is 7.61. The first-order chi connectivity index (χ1) is 11.1. The van der Waals surface area contributed by atoms with Gasteiger partial charge in [-0.2, -0.15) is 0 Å². The number of aliphatic hydroxyl groups excluding tert-OH is 1. The van der Waals surface area contributed by atoms with E-state index in [1.807, 2.05) is 30.3 Å². The predicted octanol–water partition coefficient (Wildman–Crippen LogP) is 1.57. The SMILES string of the molecule is Nc1ncnc(N2CCN(CC(O)c3ccccc3)CC2)c1Cl. The van der Waals surface area contributed by atoms with Crippen LogP contribution in [0.3, 0.4) is 0 Å². The maximum Gasteiger partial charge on any atom is 0.153 e. The fourth-order valence-electron chi connectivity index (χ4n) is 2.76. The van der Waals surface area contributed by atoms with Crippen LogP contribution in [0.25, 0.3) is 0 Å². The van der Waals surface area contributed by atoms with E-state index in [1.54, 1.807) is 0 Å². The lowest BCUT2D eigenvalue weighted by molar-refractivity contribution is 0.109. The number of nitrogens with two attached hydrogens (primary N) is 1. The number of piperazine rings is 1. The quantitative estimate of drug-likeness (QED) is 0.884. The minimum atomic E-state index is -0.471. The van der Waals surface area contributed by atoms with E-state index in [2.05, 4.69) is 19.8 Å². The van der Waals surface area contributed by atoms with Crippen molar-refractivity contribution in [3.63, 3.8) is 0 Å². The molecule has 7 heteroatoms. The summed E-state index contributed by atoms with van der Waals surface area (Å²) in [4.78, 5) is 12.5. The standard InChI is InChI=1S/C16H20ClN5O/c17-14-15(18)19-11-20-16(14)22-8-6-21(7-9-22)10-13(23)12-4-2-1-3-5-12/h1-5,11,13,23H,6-10H2,(H2,18,19,20). The number of anilines is 2. The molecule has 1 aliphatic rings. The molecule has 6 nitrogen and oxygen atoms in total. The van der Waals surface area contributed by atoms with Gasteiger partial charge in [0.15, 0.2) is 5.82 Å². The molecule has 0 saturated carbocycles. The van der Waals surface area contributed by atoms with Crippen LogP contribution in [0.4, 0.5) is 11.6 Å². The zero-order valence-corrected chi connectivity index (χ0v) is 13.5. The molecule has 0 bridgehead atoms. The summed E-state index contributed by atoms with van der Waals surface area (Å²) in [5.74, 6) is 0.987. The number of aliphatic hydroxyl groups is 1. The zero-order valence-electron chi connectivity index (χ0n) is 12.8. The summed E-state index contributed by atoms with van der Waals surface area (Å²) < 4.78 is 0. The van der Waals surface area contributed by atoms with E-state index < -0.39 is 6.10 Å². The van der Waals surface area contributed by atoms with Gasteiger partial charge in [0.1, 0.15) is 17.2 Å². The van der Waals surface area contributed by atoms with E-state index in [-0.39, 0.29) is 0 Å². The number of hydrogen-bond donors (Lipinski definition) is 2. The molecule has 1 aromatic carbocycles. The van der Waals surface area contributed by atoms with Crippen molar-refractivity contribution < 1.29 is 5.11 Å². The molecule has 3 rings (SSSR count). The lowest BCUT2D eigenvalue weighted by atomic mass is 10.1. The Morgan fingerprint density at radius 2 is 1.83 bits per heavy atom. The summed E-state index contributed by atoms with van der Waals surface area (Å²) in [6.45, 7) is 3.88. The number of aromatic nitrogens is 2. The summed E-state index contributed by atoms with van der Waals surface area (Å²) in [5, 5.41) is 10.7. The minimum Gasteiger partial charge on any atom is -0.387 e. The van der Waals surface area contributed by atoms with Gasteiger partial charge in [-0.05, 0) is 5.56 Å². The number of nitrogens with zero attached hydrogens (tertiary/aromatic N) is 4. The van der Waals surface area contributed by atoms with Gasteiger partial charge in [0.05, 0.1) is 6.10 Å². The Hall–Kier alpha value is -1.89. The molecule has 0 aliphatic carbocycles. The molecule has 0 spiro atoms. The van der Waals surface area contributed by atoms with Crippen LogP contribution in [0.5, 0.6) is 0 Å². The molecule has 1 saturated heterocycles. The summed E-state index contributed by atoms with van der Waals surface area (Å²) >= 11 is 6.18. The summed E-state index contributed by atoms with van der Waals surface area (Å²) in [7, 11) is 0. The highest BCUT2D eigenvalue weighted by molar-refractivity contribution is 6.35. The molecule has 1 aliphatic heterocycles. The number of rotatable bonds is 4. The van der Waals surface area contributed by atoms with E-state index in [1.165, 1.54) is 6.33 Å². The fraction of sp³-hybridized carbons (Fsp3) is 0.375. The third-order valence-electron chi connectivity index (χ3n) is 4.09. The highest BCUT2D eigenvalue weighted by Gasteiger charge is 2.22. The van der Waals surface area contributed by atoms with Crippen molar-refractivity contribution in [2.24, 2.45) is 0 Å². The topological polar surface area (TPSA) is 78.5 Å². The van der Waals surface area contributed by atoms with Crippen molar-refractivity contribution in [1.82, 2.24) is 14.9 Å². The van der Waals surface area contributed by atoms with Crippen molar-refractivity contribution in [2.75, 3.05) is 43.4 Å². The Balaban J connectivity index is 1.57. The average molecular weight is 334 g/mol. The van der Waals surface area contributed by atoms with Crippen LogP contribution in [-0.2, 0) is 0 Å². The summed E-state index contributed by atoms with van der Waals surface area (Å²) in [5.41, 5.74) is 6.68. The molecule has 0 amide bonds. The Labute approximate surface area is 140 Å². The summed E-state index contributed by atoms with van der Waals surface area (Å²) in [6, 6.07) is 9.73. The van der Waals surface area contributed by atoms with Crippen LogP contribution in [0, 0.1) is 0 Å². The Bertz CT molecular complexity index is 646. The fourth-order valence-corrected chi connectivity index (χ4v) is 2.98. The second-order valence-electron chi connectivity index (χ2n) is 5.61. The molecule has 2 heterocycles. The van der Waals surface area contributed by atoms with Crippen LogP contribution in [0.2, 0.25) is 5.02 Å². The van der Waals surface area contributed by atoms with Crippen molar-refractivity contribution in [3.05, 3.63) is 47.2 Å². The highest BCUT2D eigenvalue weighted by atomic mass is 35.5. The maximum atomic E-state index is 10.3. The first-order valence-corrected chi connectivity index (χ1v) is 7.99. The molecular weight excluding hydrogens is 314 g/mol. The van der Waals surface area contributed by atoms with Gasteiger partial charge in [-0.1, -0.05) is 41.9 Å². The van der Waals surface area contributed by atoms with E-state index in [4.69, 9.17) is 17.3 Å². The van der Waals surface area contributed by atoms with Gasteiger partial charge in [0.25, 0.3) is 0 Å². The normalized spacial score (nSPS) is 17.2. The monoisotopic (exact) mass is 333 g/mol. The van der Waals surface area contributed by atoms with Crippen LogP contribution in [0.15, 0.2) is 36.7 Å². The van der Waals surface area contributed by atoms with Gasteiger partial charge in [-0.15, -0.1) is 0 Å². The van der Waals surface area contributed by atoms with Crippen molar-refractivity contribution in [1.29, 1.82) is 0 Å². The van der Waals surface area contributed by atoms with Crippen molar-refractivity contribution in [3.8, 4) is 0 Å². The lowest BCUT2D eigenvalue weighted by Gasteiger charge is -2.36. The first kappa shape index (κ1) is 16.0. The molecule has 1 atom stereocenters. The van der Waals surface area contributed by atoms with Gasteiger partial charge >= 0.3 is 0 Å². The minimum absolute atomic E-state index is 0.304. The maximum absolute atomic E-state index is 10.3. The van der Waals surface area contributed by atoms with Gasteiger partial charge in [0.2, 0.25) is 0 Å². The van der Waals surface area contributed by atoms with Crippen LogP contribution in [0.1, 0.15) is 11.7 Å². The number of hydrogen-bond acceptors (Lipinski definition) is 6. The van der Waals surface area contributed by atoms with Gasteiger partial charge < -0.3 is 15.7 Å².